The topological polar surface area (TPSA) is 89.5 Å². The minimum absolute atomic E-state index is 0.121. The number of benzene rings is 1. The van der Waals surface area contributed by atoms with Gasteiger partial charge < -0.3 is 10.1 Å². The van der Waals surface area contributed by atoms with E-state index >= 15 is 0 Å². The smallest absolute Gasteiger partial charge is 0.338 e. The number of rotatable bonds is 7. The number of esters is 1. The van der Waals surface area contributed by atoms with Crippen LogP contribution in [-0.4, -0.2) is 39.7 Å². The Kier molecular flexibility index (Phi) is 6.55. The third-order valence-electron chi connectivity index (χ3n) is 2.90. The van der Waals surface area contributed by atoms with Crippen molar-refractivity contribution in [3.63, 3.8) is 0 Å². The van der Waals surface area contributed by atoms with Gasteiger partial charge in [0.15, 0.2) is 16.4 Å². The van der Waals surface area contributed by atoms with Gasteiger partial charge in [0.25, 0.3) is 5.91 Å². The van der Waals surface area contributed by atoms with Crippen LogP contribution in [0.25, 0.3) is 0 Å². The fourth-order valence-electron chi connectivity index (χ4n) is 1.60. The van der Waals surface area contributed by atoms with Gasteiger partial charge >= 0.3 is 5.97 Å². The molecule has 7 heteroatoms. The molecule has 0 spiro atoms. The number of hydrogen-bond acceptors (Lipinski definition) is 5. The van der Waals surface area contributed by atoms with Gasteiger partial charge in [-0.3, -0.25) is 4.79 Å². The summed E-state index contributed by atoms with van der Waals surface area (Å²) < 4.78 is 27.5. The minimum Gasteiger partial charge on any atom is -0.452 e. The maximum atomic E-state index is 11.7. The molecule has 0 saturated carbocycles. The van der Waals surface area contributed by atoms with Crippen LogP contribution in [0.3, 0.4) is 0 Å². The lowest BCUT2D eigenvalue weighted by atomic mass is 10.1. The van der Waals surface area contributed by atoms with Gasteiger partial charge in [-0.1, -0.05) is 13.8 Å². The Morgan fingerprint density at radius 3 is 2.27 bits per heavy atom. The van der Waals surface area contributed by atoms with Gasteiger partial charge in [0.1, 0.15) is 0 Å². The van der Waals surface area contributed by atoms with Crippen LogP contribution >= 0.6 is 0 Å². The molecule has 1 N–H and O–H groups in total. The molecule has 1 amide bonds. The van der Waals surface area contributed by atoms with Crippen molar-refractivity contribution in [3.8, 4) is 0 Å². The second kappa shape index (κ2) is 7.93. The van der Waals surface area contributed by atoms with Crippen molar-refractivity contribution in [3.05, 3.63) is 29.8 Å². The fraction of sp³-hybridized carbons (Fsp3) is 0.467. The van der Waals surface area contributed by atoms with Crippen LogP contribution in [0.4, 0.5) is 0 Å². The molecule has 0 aliphatic carbocycles. The highest BCUT2D eigenvalue weighted by molar-refractivity contribution is 7.90. The van der Waals surface area contributed by atoms with Crippen LogP contribution in [0.1, 0.15) is 30.6 Å². The van der Waals surface area contributed by atoms with E-state index in [1.165, 1.54) is 24.3 Å². The van der Waals surface area contributed by atoms with Crippen LogP contribution in [0.2, 0.25) is 0 Å². The summed E-state index contributed by atoms with van der Waals surface area (Å²) in [7, 11) is -3.30. The van der Waals surface area contributed by atoms with Gasteiger partial charge in [-0.15, -0.1) is 0 Å². The van der Waals surface area contributed by atoms with Crippen molar-refractivity contribution in [2.75, 3.05) is 19.4 Å². The van der Waals surface area contributed by atoms with Gasteiger partial charge in [0.05, 0.1) is 10.5 Å². The van der Waals surface area contributed by atoms with E-state index in [1.807, 2.05) is 13.8 Å². The highest BCUT2D eigenvalue weighted by atomic mass is 32.2. The number of hydrogen-bond donors (Lipinski definition) is 1. The highest BCUT2D eigenvalue weighted by Gasteiger charge is 2.12. The molecule has 6 nitrogen and oxygen atoms in total. The molecule has 0 fully saturated rings. The molecule has 0 bridgehead atoms. The first-order valence-electron chi connectivity index (χ1n) is 6.94. The van der Waals surface area contributed by atoms with E-state index in [2.05, 4.69) is 5.32 Å². The van der Waals surface area contributed by atoms with Crippen LogP contribution in [0, 0.1) is 5.92 Å². The van der Waals surface area contributed by atoms with Gasteiger partial charge in [0.2, 0.25) is 0 Å². The quantitative estimate of drug-likeness (QED) is 0.765. The van der Waals surface area contributed by atoms with Gasteiger partial charge in [-0.05, 0) is 36.6 Å². The highest BCUT2D eigenvalue weighted by Crippen LogP contribution is 2.11. The first kappa shape index (κ1) is 18.2. The fourth-order valence-corrected chi connectivity index (χ4v) is 2.23. The van der Waals surface area contributed by atoms with Crippen LogP contribution < -0.4 is 5.32 Å². The molecule has 0 aromatic heterocycles. The maximum absolute atomic E-state index is 11.7. The summed E-state index contributed by atoms with van der Waals surface area (Å²) in [5, 5.41) is 2.65. The molecule has 22 heavy (non-hydrogen) atoms. The van der Waals surface area contributed by atoms with Crippen molar-refractivity contribution in [1.29, 1.82) is 0 Å². The van der Waals surface area contributed by atoms with Gasteiger partial charge in [-0.25, -0.2) is 13.2 Å². The molecule has 0 unspecified atom stereocenters. The molecule has 1 rings (SSSR count). The van der Waals surface area contributed by atoms with Crippen LogP contribution in [-0.2, 0) is 19.4 Å². The molecule has 0 heterocycles. The van der Waals surface area contributed by atoms with Crippen molar-refractivity contribution < 1.29 is 22.7 Å². The largest absolute Gasteiger partial charge is 0.452 e. The average molecular weight is 327 g/mol. The lowest BCUT2D eigenvalue weighted by Crippen LogP contribution is -2.30. The van der Waals surface area contributed by atoms with E-state index in [1.54, 1.807) is 0 Å². The number of ether oxygens (including phenoxy) is 1. The van der Waals surface area contributed by atoms with Gasteiger partial charge in [-0.2, -0.15) is 0 Å². The summed E-state index contributed by atoms with van der Waals surface area (Å²) in [5.41, 5.74) is 0.197. The predicted molar refractivity (Wildman–Crippen MR) is 82.3 cm³/mol. The number of amides is 1. The van der Waals surface area contributed by atoms with Crippen molar-refractivity contribution >= 4 is 21.7 Å². The summed E-state index contributed by atoms with van der Waals surface area (Å²) in [6, 6.07) is 5.37. The Bertz CT molecular complexity index is 620. The zero-order chi connectivity index (χ0) is 16.8. The predicted octanol–water partition coefficient (Wildman–Crippen LogP) is 1.41. The Hall–Kier alpha value is -1.89. The SMILES string of the molecule is CC(C)CCNC(=O)COC(=O)c1ccc(S(C)(=O)=O)cc1. The third kappa shape index (κ3) is 6.26. The lowest BCUT2D eigenvalue weighted by molar-refractivity contribution is -0.124. The molecule has 0 saturated heterocycles. The number of sulfone groups is 1. The molecule has 122 valence electrons. The Morgan fingerprint density at radius 2 is 1.77 bits per heavy atom. The van der Waals surface area contributed by atoms with Crippen molar-refractivity contribution in [2.24, 2.45) is 5.92 Å². The zero-order valence-electron chi connectivity index (χ0n) is 13.0. The Labute approximate surface area is 130 Å². The first-order valence-corrected chi connectivity index (χ1v) is 8.83. The van der Waals surface area contributed by atoms with E-state index < -0.39 is 15.8 Å². The number of carbonyl (C=O) groups is 2. The average Bonchev–Trinajstić information content (AvgIpc) is 2.43. The number of carbonyl (C=O) groups excluding carboxylic acids is 2. The first-order chi connectivity index (χ1) is 10.2. The van der Waals surface area contributed by atoms with E-state index in [0.29, 0.717) is 12.5 Å². The van der Waals surface area contributed by atoms with Crippen molar-refractivity contribution in [1.82, 2.24) is 5.32 Å². The molecule has 1 aromatic carbocycles. The molecule has 0 aliphatic heterocycles. The van der Waals surface area contributed by atoms with E-state index in [-0.39, 0.29) is 23.0 Å². The second-order valence-corrected chi connectivity index (χ2v) is 7.42. The molecule has 0 aliphatic rings. The molecule has 0 radical (unpaired) electrons. The van der Waals surface area contributed by atoms with E-state index in [9.17, 15) is 18.0 Å². The Balaban J connectivity index is 2.47. The van der Waals surface area contributed by atoms with E-state index in [4.69, 9.17) is 4.74 Å². The Morgan fingerprint density at radius 1 is 1.18 bits per heavy atom. The zero-order valence-corrected chi connectivity index (χ0v) is 13.8. The van der Waals surface area contributed by atoms with E-state index in [0.717, 1.165) is 12.7 Å². The third-order valence-corrected chi connectivity index (χ3v) is 4.02. The molecular weight excluding hydrogens is 306 g/mol. The minimum atomic E-state index is -3.30. The van der Waals surface area contributed by atoms with Gasteiger partial charge in [0, 0.05) is 12.8 Å². The van der Waals surface area contributed by atoms with Crippen LogP contribution in [0.5, 0.6) is 0 Å². The normalized spacial score (nSPS) is 11.3. The molecular formula is C15H21NO5S. The summed E-state index contributed by atoms with van der Waals surface area (Å²) in [4.78, 5) is 23.3. The monoisotopic (exact) mass is 327 g/mol. The summed E-state index contributed by atoms with van der Waals surface area (Å²) in [5.74, 6) is -0.544. The summed E-state index contributed by atoms with van der Waals surface area (Å²) in [6.45, 7) is 4.28. The number of nitrogens with one attached hydrogen (secondary N) is 1. The maximum Gasteiger partial charge on any atom is 0.338 e. The lowest BCUT2D eigenvalue weighted by Gasteiger charge is -2.08. The van der Waals surface area contributed by atoms with Crippen LogP contribution in [0.15, 0.2) is 29.2 Å². The summed E-state index contributed by atoms with van der Waals surface area (Å²) in [6.07, 6.45) is 1.94. The molecule has 0 atom stereocenters. The standard InChI is InChI=1S/C15H21NO5S/c1-11(2)8-9-16-14(17)10-21-15(18)12-4-6-13(7-5-12)22(3,19)20/h4-7,11H,8-10H2,1-3H3,(H,16,17). The van der Waals surface area contributed by atoms with Crippen molar-refractivity contribution in [2.45, 2.75) is 25.2 Å². The molecule has 1 aromatic rings. The second-order valence-electron chi connectivity index (χ2n) is 5.41. The summed E-state index contributed by atoms with van der Waals surface area (Å²) >= 11 is 0.